The minimum absolute atomic E-state index is 0.318. The van der Waals surface area contributed by atoms with Gasteiger partial charge in [-0.2, -0.15) is 0 Å². The van der Waals surface area contributed by atoms with E-state index in [0.717, 1.165) is 24.7 Å². The Bertz CT molecular complexity index is 447. The quantitative estimate of drug-likeness (QED) is 0.412. The number of halogens is 1. The Balaban J connectivity index is 3.09. The highest BCUT2D eigenvalue weighted by Crippen LogP contribution is 2.32. The summed E-state index contributed by atoms with van der Waals surface area (Å²) in [6.07, 6.45) is 3.38. The van der Waals surface area contributed by atoms with Gasteiger partial charge in [-0.15, -0.1) is 0 Å². The Morgan fingerprint density at radius 1 is 1.35 bits per heavy atom. The molecule has 0 aliphatic carbocycles. The van der Waals surface area contributed by atoms with Crippen LogP contribution in [0.3, 0.4) is 0 Å². The number of hydrogen-bond donors (Lipinski definition) is 0. The van der Waals surface area contributed by atoms with Crippen LogP contribution in [0, 0.1) is 16.0 Å². The zero-order chi connectivity index (χ0) is 15.1. The van der Waals surface area contributed by atoms with Gasteiger partial charge in [0.2, 0.25) is 6.04 Å². The van der Waals surface area contributed by atoms with Crippen LogP contribution in [0.5, 0.6) is 0 Å². The average molecular weight is 298 g/mol. The number of rotatable bonds is 8. The van der Waals surface area contributed by atoms with E-state index < -0.39 is 12.0 Å². The highest BCUT2D eigenvalue weighted by Gasteiger charge is 2.34. The molecule has 0 amide bonds. The van der Waals surface area contributed by atoms with Crippen molar-refractivity contribution in [3.05, 3.63) is 45.0 Å². The van der Waals surface area contributed by atoms with Crippen molar-refractivity contribution in [1.82, 2.24) is 0 Å². The number of nitro groups is 1. The summed E-state index contributed by atoms with van der Waals surface area (Å²) in [5.74, 6) is -0.747. The van der Waals surface area contributed by atoms with Crippen LogP contribution in [0.15, 0.2) is 24.3 Å². The molecule has 0 saturated heterocycles. The van der Waals surface area contributed by atoms with Crippen LogP contribution >= 0.6 is 11.6 Å². The van der Waals surface area contributed by atoms with Gasteiger partial charge in [0.1, 0.15) is 6.29 Å². The molecular formula is C15H20ClNO3. The summed E-state index contributed by atoms with van der Waals surface area (Å²) in [6, 6.07) is 6.16. The molecule has 0 unspecified atom stereocenters. The predicted molar refractivity (Wildman–Crippen MR) is 79.7 cm³/mol. The van der Waals surface area contributed by atoms with E-state index >= 15 is 0 Å². The van der Waals surface area contributed by atoms with Gasteiger partial charge in [0.25, 0.3) is 0 Å². The van der Waals surface area contributed by atoms with E-state index in [-0.39, 0.29) is 10.8 Å². The van der Waals surface area contributed by atoms with Crippen molar-refractivity contribution in [2.24, 2.45) is 5.92 Å². The summed E-state index contributed by atoms with van der Waals surface area (Å²) < 4.78 is 0. The molecule has 5 heteroatoms. The van der Waals surface area contributed by atoms with E-state index in [1.165, 1.54) is 0 Å². The van der Waals surface area contributed by atoms with Crippen LogP contribution in [0.4, 0.5) is 0 Å². The van der Waals surface area contributed by atoms with Gasteiger partial charge in [0.05, 0.1) is 5.92 Å². The number of carbonyl (C=O) groups is 1. The van der Waals surface area contributed by atoms with Gasteiger partial charge < -0.3 is 4.79 Å². The van der Waals surface area contributed by atoms with Crippen molar-refractivity contribution >= 4 is 17.9 Å². The van der Waals surface area contributed by atoms with E-state index in [9.17, 15) is 14.9 Å². The van der Waals surface area contributed by atoms with Crippen LogP contribution in [0.2, 0.25) is 5.02 Å². The summed E-state index contributed by atoms with van der Waals surface area (Å²) >= 11 is 5.85. The Kier molecular flexibility index (Phi) is 6.65. The molecule has 0 heterocycles. The lowest BCUT2D eigenvalue weighted by Crippen LogP contribution is -2.31. The molecule has 110 valence electrons. The SMILES string of the molecule is CCCC[C@@H](C=O)[C@@H](c1ccc(Cl)cc1)[C@@H](C)[N+](=O)[O-]. The van der Waals surface area contributed by atoms with E-state index in [4.69, 9.17) is 11.6 Å². The van der Waals surface area contributed by atoms with Crippen molar-refractivity contribution in [2.45, 2.75) is 45.1 Å². The Hall–Kier alpha value is -1.42. The van der Waals surface area contributed by atoms with Crippen molar-refractivity contribution in [3.63, 3.8) is 0 Å². The molecule has 0 N–H and O–H groups in total. The summed E-state index contributed by atoms with van der Waals surface area (Å²) in [5, 5.41) is 11.7. The third kappa shape index (κ3) is 4.30. The molecule has 1 rings (SSSR count). The Morgan fingerprint density at radius 3 is 2.40 bits per heavy atom. The summed E-state index contributed by atoms with van der Waals surface area (Å²) in [6.45, 7) is 3.60. The van der Waals surface area contributed by atoms with Crippen LogP contribution < -0.4 is 0 Å². The predicted octanol–water partition coefficient (Wildman–Crippen LogP) is 4.09. The standard InChI is InChI=1S/C15H20ClNO3/c1-3-4-5-13(10-18)15(11(2)17(19)20)12-6-8-14(16)9-7-12/h6-11,13,15H,3-5H2,1-2H3/t11-,13+,15-/m1/s1. The minimum atomic E-state index is -0.803. The normalized spacial score (nSPS) is 15.3. The second-order valence-corrected chi connectivity index (χ2v) is 5.48. The summed E-state index contributed by atoms with van der Waals surface area (Å²) in [4.78, 5) is 22.2. The molecule has 1 aromatic carbocycles. The number of nitrogens with zero attached hydrogens (tertiary/aromatic N) is 1. The molecule has 3 atom stereocenters. The maximum atomic E-state index is 11.4. The van der Waals surface area contributed by atoms with Crippen molar-refractivity contribution in [1.29, 1.82) is 0 Å². The zero-order valence-electron chi connectivity index (χ0n) is 11.8. The van der Waals surface area contributed by atoms with E-state index in [1.807, 2.05) is 6.92 Å². The monoisotopic (exact) mass is 297 g/mol. The molecule has 1 aromatic rings. The third-order valence-corrected chi connectivity index (χ3v) is 3.89. The van der Waals surface area contributed by atoms with Crippen molar-refractivity contribution < 1.29 is 9.72 Å². The van der Waals surface area contributed by atoms with E-state index in [0.29, 0.717) is 11.4 Å². The maximum absolute atomic E-state index is 11.4. The second-order valence-electron chi connectivity index (χ2n) is 5.05. The van der Waals surface area contributed by atoms with Gasteiger partial charge in [-0.05, 0) is 24.1 Å². The largest absolute Gasteiger partial charge is 0.303 e. The molecule has 20 heavy (non-hydrogen) atoms. The molecule has 4 nitrogen and oxygen atoms in total. The molecule has 0 fully saturated rings. The maximum Gasteiger partial charge on any atom is 0.217 e. The minimum Gasteiger partial charge on any atom is -0.303 e. The van der Waals surface area contributed by atoms with Crippen LogP contribution in [0.1, 0.15) is 44.6 Å². The van der Waals surface area contributed by atoms with Gasteiger partial charge in [-0.25, -0.2) is 0 Å². The first-order valence-electron chi connectivity index (χ1n) is 6.85. The fraction of sp³-hybridized carbons (Fsp3) is 0.533. The fourth-order valence-electron chi connectivity index (χ4n) is 2.47. The molecule has 0 bridgehead atoms. The topological polar surface area (TPSA) is 60.2 Å². The lowest BCUT2D eigenvalue weighted by Gasteiger charge is -2.24. The summed E-state index contributed by atoms with van der Waals surface area (Å²) in [5.41, 5.74) is 0.798. The molecule has 0 saturated carbocycles. The molecule has 0 aromatic heterocycles. The first-order chi connectivity index (χ1) is 9.51. The molecular weight excluding hydrogens is 278 g/mol. The van der Waals surface area contributed by atoms with Crippen LogP contribution in [-0.4, -0.2) is 17.3 Å². The number of hydrogen-bond acceptors (Lipinski definition) is 3. The Morgan fingerprint density at radius 2 is 1.95 bits per heavy atom. The second kappa shape index (κ2) is 8.00. The number of benzene rings is 1. The van der Waals surface area contributed by atoms with Crippen LogP contribution in [-0.2, 0) is 4.79 Å². The zero-order valence-corrected chi connectivity index (χ0v) is 12.5. The molecule has 0 aliphatic heterocycles. The smallest absolute Gasteiger partial charge is 0.217 e. The number of unbranched alkanes of at least 4 members (excludes halogenated alkanes) is 1. The van der Waals surface area contributed by atoms with Gasteiger partial charge in [-0.3, -0.25) is 10.1 Å². The lowest BCUT2D eigenvalue weighted by atomic mass is 9.79. The van der Waals surface area contributed by atoms with E-state index in [1.54, 1.807) is 31.2 Å². The number of aldehydes is 1. The van der Waals surface area contributed by atoms with E-state index in [2.05, 4.69) is 0 Å². The Labute approximate surface area is 124 Å². The van der Waals surface area contributed by atoms with Gasteiger partial charge in [0, 0.05) is 22.8 Å². The van der Waals surface area contributed by atoms with Crippen LogP contribution in [0.25, 0.3) is 0 Å². The van der Waals surface area contributed by atoms with Crippen molar-refractivity contribution in [2.75, 3.05) is 0 Å². The van der Waals surface area contributed by atoms with Crippen molar-refractivity contribution in [3.8, 4) is 0 Å². The average Bonchev–Trinajstić information content (AvgIpc) is 2.44. The highest BCUT2D eigenvalue weighted by atomic mass is 35.5. The molecule has 0 aliphatic rings. The van der Waals surface area contributed by atoms with Gasteiger partial charge >= 0.3 is 0 Å². The molecule has 0 radical (unpaired) electrons. The first kappa shape index (κ1) is 16.6. The van der Waals surface area contributed by atoms with Gasteiger partial charge in [-0.1, -0.05) is 43.5 Å². The summed E-state index contributed by atoms with van der Waals surface area (Å²) in [7, 11) is 0. The highest BCUT2D eigenvalue weighted by molar-refractivity contribution is 6.30. The lowest BCUT2D eigenvalue weighted by molar-refractivity contribution is -0.523. The van der Waals surface area contributed by atoms with Gasteiger partial charge in [0.15, 0.2) is 0 Å². The first-order valence-corrected chi connectivity index (χ1v) is 7.23. The third-order valence-electron chi connectivity index (χ3n) is 3.63. The molecule has 0 spiro atoms. The number of carbonyl (C=O) groups excluding carboxylic acids is 1. The fourth-order valence-corrected chi connectivity index (χ4v) is 2.60.